The second kappa shape index (κ2) is 5.07. The van der Waals surface area contributed by atoms with E-state index in [0.717, 1.165) is 25.1 Å². The van der Waals surface area contributed by atoms with Crippen molar-refractivity contribution in [1.29, 1.82) is 0 Å². The van der Waals surface area contributed by atoms with Gasteiger partial charge in [-0.2, -0.15) is 0 Å². The predicted molar refractivity (Wildman–Crippen MR) is 55.6 cm³/mol. The number of aldehydes is 1. The van der Waals surface area contributed by atoms with Crippen molar-refractivity contribution in [1.82, 2.24) is 10.3 Å². The number of rotatable bonds is 4. The number of carbonyl (C=O) groups is 1. The molecule has 4 nitrogen and oxygen atoms in total. The molecule has 1 saturated heterocycles. The van der Waals surface area contributed by atoms with Crippen molar-refractivity contribution in [3.05, 3.63) is 17.8 Å². The molecule has 1 aliphatic heterocycles. The highest BCUT2D eigenvalue weighted by atomic mass is 16.4. The van der Waals surface area contributed by atoms with E-state index in [1.807, 2.05) is 0 Å². The van der Waals surface area contributed by atoms with Gasteiger partial charge in [0.2, 0.25) is 0 Å². The number of hydrogen-bond donors (Lipinski definition) is 1. The molecule has 1 atom stereocenters. The fraction of sp³-hybridized carbons (Fsp3) is 0.636. The van der Waals surface area contributed by atoms with Crippen LogP contribution in [0, 0.1) is 0 Å². The lowest BCUT2D eigenvalue weighted by Gasteiger charge is -2.21. The molecule has 1 aromatic heterocycles. The number of nitrogens with one attached hydrogen (secondary N) is 1. The summed E-state index contributed by atoms with van der Waals surface area (Å²) in [5, 5.41) is 3.44. The van der Waals surface area contributed by atoms with E-state index in [4.69, 9.17) is 4.42 Å². The van der Waals surface area contributed by atoms with Crippen LogP contribution in [0.15, 0.2) is 10.6 Å². The van der Waals surface area contributed by atoms with E-state index in [-0.39, 0.29) is 0 Å². The Bertz CT molecular complexity index is 316. The Kier molecular flexibility index (Phi) is 3.50. The molecular weight excluding hydrogens is 192 g/mol. The minimum atomic E-state index is 0.324. The smallest absolute Gasteiger partial charge is 0.195 e. The normalized spacial score (nSPS) is 21.5. The quantitative estimate of drug-likeness (QED) is 0.753. The van der Waals surface area contributed by atoms with Crippen molar-refractivity contribution in [3.63, 3.8) is 0 Å². The third-order valence-corrected chi connectivity index (χ3v) is 2.72. The molecule has 82 valence electrons. The van der Waals surface area contributed by atoms with Crippen molar-refractivity contribution < 1.29 is 9.21 Å². The Balaban J connectivity index is 1.88. The van der Waals surface area contributed by atoms with Crippen molar-refractivity contribution in [2.24, 2.45) is 0 Å². The summed E-state index contributed by atoms with van der Waals surface area (Å²) in [6.07, 6.45) is 7.36. The van der Waals surface area contributed by atoms with Crippen LogP contribution in [0.5, 0.6) is 0 Å². The molecule has 1 aromatic rings. The molecule has 4 heteroatoms. The van der Waals surface area contributed by atoms with Crippen LogP contribution in [0.4, 0.5) is 0 Å². The maximum Gasteiger partial charge on any atom is 0.195 e. The lowest BCUT2D eigenvalue weighted by Crippen LogP contribution is -2.35. The molecule has 2 rings (SSSR count). The first-order chi connectivity index (χ1) is 7.38. The summed E-state index contributed by atoms with van der Waals surface area (Å²) in [6.45, 7) is 1.09. The van der Waals surface area contributed by atoms with Gasteiger partial charge in [-0.25, -0.2) is 4.98 Å². The van der Waals surface area contributed by atoms with E-state index >= 15 is 0 Å². The van der Waals surface area contributed by atoms with Crippen molar-refractivity contribution in [3.8, 4) is 0 Å². The fourth-order valence-electron chi connectivity index (χ4n) is 1.93. The molecule has 15 heavy (non-hydrogen) atoms. The molecule has 1 unspecified atom stereocenters. The van der Waals surface area contributed by atoms with Gasteiger partial charge in [0, 0.05) is 12.5 Å². The highest BCUT2D eigenvalue weighted by molar-refractivity contribution is 5.52. The third-order valence-electron chi connectivity index (χ3n) is 2.72. The van der Waals surface area contributed by atoms with E-state index in [9.17, 15) is 4.79 Å². The minimum absolute atomic E-state index is 0.324. The largest absolute Gasteiger partial charge is 0.445 e. The van der Waals surface area contributed by atoms with E-state index in [1.165, 1.54) is 19.3 Å². The number of nitrogens with zero attached hydrogens (tertiary/aromatic N) is 1. The topological polar surface area (TPSA) is 55.1 Å². The van der Waals surface area contributed by atoms with Crippen LogP contribution in [0.1, 0.15) is 30.9 Å². The van der Waals surface area contributed by atoms with Crippen molar-refractivity contribution in [2.45, 2.75) is 38.1 Å². The van der Waals surface area contributed by atoms with Gasteiger partial charge in [-0.15, -0.1) is 0 Å². The zero-order chi connectivity index (χ0) is 10.5. The number of carbonyl (C=O) groups excluding carboxylic acids is 1. The zero-order valence-corrected chi connectivity index (χ0v) is 8.74. The number of hydrogen-bond acceptors (Lipinski definition) is 4. The van der Waals surface area contributed by atoms with Crippen LogP contribution in [0.3, 0.4) is 0 Å². The van der Waals surface area contributed by atoms with Crippen LogP contribution in [0.2, 0.25) is 0 Å². The molecule has 0 bridgehead atoms. The first-order valence-electron chi connectivity index (χ1n) is 5.49. The summed E-state index contributed by atoms with van der Waals surface area (Å²) >= 11 is 0. The summed E-state index contributed by atoms with van der Waals surface area (Å²) in [5.41, 5.74) is 0. The molecule has 0 radical (unpaired) electrons. The molecule has 1 fully saturated rings. The summed E-state index contributed by atoms with van der Waals surface area (Å²) in [5.74, 6) is 1.40. The second-order valence-corrected chi connectivity index (χ2v) is 3.94. The van der Waals surface area contributed by atoms with Gasteiger partial charge in [0.1, 0.15) is 12.0 Å². The van der Waals surface area contributed by atoms with Crippen LogP contribution in [0.25, 0.3) is 0 Å². The summed E-state index contributed by atoms with van der Waals surface area (Å²) < 4.78 is 5.44. The summed E-state index contributed by atoms with van der Waals surface area (Å²) in [6, 6.07) is 0.487. The lowest BCUT2D eigenvalue weighted by atomic mass is 10.0. The van der Waals surface area contributed by atoms with E-state index in [0.29, 0.717) is 18.2 Å². The summed E-state index contributed by atoms with van der Waals surface area (Å²) in [4.78, 5) is 14.4. The van der Waals surface area contributed by atoms with Gasteiger partial charge < -0.3 is 14.5 Å². The lowest BCUT2D eigenvalue weighted by molar-refractivity contribution is -0.107. The van der Waals surface area contributed by atoms with Gasteiger partial charge in [-0.3, -0.25) is 0 Å². The number of aromatic nitrogens is 1. The highest BCUT2D eigenvalue weighted by Gasteiger charge is 2.15. The number of piperidine rings is 1. The predicted octanol–water partition coefficient (Wildman–Crippen LogP) is 1.10. The van der Waals surface area contributed by atoms with Gasteiger partial charge in [0.25, 0.3) is 0 Å². The Morgan fingerprint density at radius 2 is 2.53 bits per heavy atom. The van der Waals surface area contributed by atoms with Gasteiger partial charge in [-0.05, 0) is 19.4 Å². The summed E-state index contributed by atoms with van der Waals surface area (Å²) in [7, 11) is 0. The average molecular weight is 208 g/mol. The van der Waals surface area contributed by atoms with E-state index in [2.05, 4.69) is 10.3 Å². The molecule has 0 spiro atoms. The van der Waals surface area contributed by atoms with Gasteiger partial charge in [0.15, 0.2) is 5.89 Å². The average Bonchev–Trinajstić information content (AvgIpc) is 2.68. The van der Waals surface area contributed by atoms with Crippen LogP contribution >= 0.6 is 0 Å². The Labute approximate surface area is 89.1 Å². The highest BCUT2D eigenvalue weighted by Crippen LogP contribution is 2.13. The van der Waals surface area contributed by atoms with Crippen LogP contribution in [-0.4, -0.2) is 23.9 Å². The molecular formula is C11H16N2O2. The van der Waals surface area contributed by atoms with Crippen LogP contribution in [-0.2, 0) is 17.6 Å². The molecule has 1 N–H and O–H groups in total. The number of oxazole rings is 1. The first kappa shape index (κ1) is 10.4. The first-order valence-corrected chi connectivity index (χ1v) is 5.49. The third kappa shape index (κ3) is 2.89. The van der Waals surface area contributed by atoms with E-state index in [1.54, 1.807) is 6.20 Å². The SMILES string of the molecule is O=CCc1cnc(CC2CCCCN2)o1. The minimum Gasteiger partial charge on any atom is -0.445 e. The van der Waals surface area contributed by atoms with Gasteiger partial charge >= 0.3 is 0 Å². The molecule has 0 amide bonds. The molecule has 0 aromatic carbocycles. The van der Waals surface area contributed by atoms with Gasteiger partial charge in [-0.1, -0.05) is 6.42 Å². The van der Waals surface area contributed by atoms with E-state index < -0.39 is 0 Å². The molecule has 1 aliphatic rings. The maximum atomic E-state index is 10.3. The Morgan fingerprint density at radius 1 is 1.60 bits per heavy atom. The maximum absolute atomic E-state index is 10.3. The molecule has 2 heterocycles. The van der Waals surface area contributed by atoms with Crippen LogP contribution < -0.4 is 5.32 Å². The Hall–Kier alpha value is -1.16. The fourth-order valence-corrected chi connectivity index (χ4v) is 1.93. The second-order valence-electron chi connectivity index (χ2n) is 3.94. The monoisotopic (exact) mass is 208 g/mol. The van der Waals surface area contributed by atoms with Crippen molar-refractivity contribution in [2.75, 3.05) is 6.54 Å². The van der Waals surface area contributed by atoms with Gasteiger partial charge in [0.05, 0.1) is 12.6 Å². The van der Waals surface area contributed by atoms with Crippen molar-refractivity contribution >= 4 is 6.29 Å². The Morgan fingerprint density at radius 3 is 3.27 bits per heavy atom. The molecule has 0 saturated carbocycles. The standard InChI is InChI=1S/C11H16N2O2/c14-6-4-10-8-13-11(15-10)7-9-3-1-2-5-12-9/h6,8-9,12H,1-5,7H2. The molecule has 0 aliphatic carbocycles. The zero-order valence-electron chi connectivity index (χ0n) is 8.74.